The second kappa shape index (κ2) is 5.13. The summed E-state index contributed by atoms with van der Waals surface area (Å²) in [5.41, 5.74) is 3.34. The van der Waals surface area contributed by atoms with Crippen LogP contribution in [0.4, 0.5) is 5.69 Å². The van der Waals surface area contributed by atoms with E-state index in [4.69, 9.17) is 11.6 Å². The molecule has 3 rings (SSSR count). The molecule has 98 valence electrons. The van der Waals surface area contributed by atoms with E-state index in [1.807, 2.05) is 0 Å². The number of alkyl halides is 1. The molecule has 2 aliphatic rings. The predicted octanol–water partition coefficient (Wildman–Crippen LogP) is 4.59. The summed E-state index contributed by atoms with van der Waals surface area (Å²) < 4.78 is 0. The van der Waals surface area contributed by atoms with Gasteiger partial charge >= 0.3 is 0 Å². The van der Waals surface area contributed by atoms with Crippen LogP contribution in [0.3, 0.4) is 0 Å². The summed E-state index contributed by atoms with van der Waals surface area (Å²) in [5, 5.41) is 0. The van der Waals surface area contributed by atoms with Gasteiger partial charge in [0.2, 0.25) is 0 Å². The van der Waals surface area contributed by atoms with E-state index in [0.29, 0.717) is 11.3 Å². The van der Waals surface area contributed by atoms with Gasteiger partial charge in [-0.05, 0) is 42.7 Å². The van der Waals surface area contributed by atoms with Crippen LogP contribution in [0.2, 0.25) is 0 Å². The highest BCUT2D eigenvalue weighted by atomic mass is 35.5. The van der Waals surface area contributed by atoms with Crippen molar-refractivity contribution in [1.29, 1.82) is 0 Å². The number of nitrogens with zero attached hydrogens (tertiary/aromatic N) is 1. The average Bonchev–Trinajstić information content (AvgIpc) is 2.88. The average molecular weight is 264 g/mol. The van der Waals surface area contributed by atoms with Gasteiger partial charge in [-0.25, -0.2) is 0 Å². The molecule has 0 aromatic heterocycles. The van der Waals surface area contributed by atoms with Crippen molar-refractivity contribution in [3.05, 3.63) is 29.8 Å². The second-order valence-corrected chi connectivity index (χ2v) is 6.22. The normalized spacial score (nSPS) is 22.6. The fourth-order valence-corrected chi connectivity index (χ4v) is 4.01. The van der Waals surface area contributed by atoms with E-state index in [9.17, 15) is 0 Å². The molecule has 1 aromatic rings. The lowest BCUT2D eigenvalue weighted by Gasteiger charge is -2.41. The maximum Gasteiger partial charge on any atom is 0.0494 e. The Hall–Kier alpha value is -0.690. The van der Waals surface area contributed by atoms with E-state index in [2.05, 4.69) is 29.2 Å². The number of hydrogen-bond acceptors (Lipinski definition) is 1. The molecule has 2 fully saturated rings. The smallest absolute Gasteiger partial charge is 0.0494 e. The number of anilines is 1. The molecule has 1 saturated carbocycles. The van der Waals surface area contributed by atoms with E-state index in [1.165, 1.54) is 62.9 Å². The number of para-hydroxylation sites is 1. The van der Waals surface area contributed by atoms with Crippen LogP contribution in [-0.4, -0.2) is 13.1 Å². The van der Waals surface area contributed by atoms with E-state index in [-0.39, 0.29) is 0 Å². The van der Waals surface area contributed by atoms with Crippen LogP contribution < -0.4 is 4.90 Å². The minimum absolute atomic E-state index is 0.623. The first-order chi connectivity index (χ1) is 8.83. The van der Waals surface area contributed by atoms with Gasteiger partial charge in [0.15, 0.2) is 0 Å². The molecule has 0 radical (unpaired) electrons. The highest BCUT2D eigenvalue weighted by molar-refractivity contribution is 6.17. The lowest BCUT2D eigenvalue weighted by Crippen LogP contribution is -2.39. The van der Waals surface area contributed by atoms with E-state index < -0.39 is 0 Å². The largest absolute Gasteiger partial charge is 0.371 e. The lowest BCUT2D eigenvalue weighted by molar-refractivity contribution is 0.226. The zero-order chi connectivity index (χ0) is 12.4. The third-order valence-electron chi connectivity index (χ3n) is 4.96. The molecule has 1 saturated heterocycles. The molecule has 0 atom stereocenters. The SMILES string of the molecule is ClCc1ccccc1N1CCC2(CCCC2)CC1. The van der Waals surface area contributed by atoms with Gasteiger partial charge in [-0.15, -0.1) is 11.6 Å². The number of halogens is 1. The van der Waals surface area contributed by atoms with Crippen LogP contribution in [0.1, 0.15) is 44.1 Å². The third kappa shape index (κ3) is 2.25. The summed E-state index contributed by atoms with van der Waals surface area (Å²) in [5.74, 6) is 0.623. The van der Waals surface area contributed by atoms with Gasteiger partial charge < -0.3 is 4.90 Å². The molecular formula is C16H22ClN. The van der Waals surface area contributed by atoms with Crippen LogP contribution in [-0.2, 0) is 5.88 Å². The Morgan fingerprint density at radius 1 is 1.00 bits per heavy atom. The summed E-state index contributed by atoms with van der Waals surface area (Å²) in [4.78, 5) is 2.54. The highest BCUT2D eigenvalue weighted by Gasteiger charge is 2.37. The first kappa shape index (κ1) is 12.3. The van der Waals surface area contributed by atoms with Crippen molar-refractivity contribution in [3.63, 3.8) is 0 Å². The molecule has 0 amide bonds. The molecule has 1 aromatic carbocycles. The topological polar surface area (TPSA) is 3.24 Å². The van der Waals surface area contributed by atoms with Crippen molar-refractivity contribution in [2.75, 3.05) is 18.0 Å². The van der Waals surface area contributed by atoms with Crippen LogP contribution in [0.15, 0.2) is 24.3 Å². The Morgan fingerprint density at radius 2 is 1.67 bits per heavy atom. The molecule has 0 N–H and O–H groups in total. The molecule has 0 unspecified atom stereocenters. The first-order valence-corrected chi connectivity index (χ1v) is 7.75. The van der Waals surface area contributed by atoms with E-state index in [1.54, 1.807) is 0 Å². The molecule has 1 aliphatic heterocycles. The Labute approximate surface area is 115 Å². The zero-order valence-electron chi connectivity index (χ0n) is 11.0. The van der Waals surface area contributed by atoms with Crippen LogP contribution >= 0.6 is 11.6 Å². The summed E-state index contributed by atoms with van der Waals surface area (Å²) >= 11 is 6.05. The Balaban J connectivity index is 1.72. The molecule has 1 aliphatic carbocycles. The van der Waals surface area contributed by atoms with Crippen molar-refractivity contribution in [3.8, 4) is 0 Å². The van der Waals surface area contributed by atoms with Crippen molar-refractivity contribution in [1.82, 2.24) is 0 Å². The summed E-state index contributed by atoms with van der Waals surface area (Å²) in [6.07, 6.45) is 8.61. The van der Waals surface area contributed by atoms with Crippen LogP contribution in [0.25, 0.3) is 0 Å². The summed E-state index contributed by atoms with van der Waals surface area (Å²) in [6.45, 7) is 2.43. The molecule has 18 heavy (non-hydrogen) atoms. The van der Waals surface area contributed by atoms with Crippen molar-refractivity contribution >= 4 is 17.3 Å². The van der Waals surface area contributed by atoms with Crippen LogP contribution in [0, 0.1) is 5.41 Å². The monoisotopic (exact) mass is 263 g/mol. The minimum atomic E-state index is 0.623. The number of hydrogen-bond donors (Lipinski definition) is 0. The molecule has 0 bridgehead atoms. The summed E-state index contributed by atoms with van der Waals surface area (Å²) in [7, 11) is 0. The maximum atomic E-state index is 6.05. The van der Waals surface area contributed by atoms with Gasteiger partial charge in [-0.3, -0.25) is 0 Å². The van der Waals surface area contributed by atoms with Gasteiger partial charge in [0.25, 0.3) is 0 Å². The second-order valence-electron chi connectivity index (χ2n) is 5.96. The van der Waals surface area contributed by atoms with Crippen molar-refractivity contribution in [2.24, 2.45) is 5.41 Å². The molecular weight excluding hydrogens is 242 g/mol. The molecule has 1 nitrogen and oxygen atoms in total. The Morgan fingerprint density at radius 3 is 2.33 bits per heavy atom. The highest BCUT2D eigenvalue weighted by Crippen LogP contribution is 2.46. The Bertz CT molecular complexity index is 399. The fraction of sp³-hybridized carbons (Fsp3) is 0.625. The molecule has 1 heterocycles. The number of piperidine rings is 1. The van der Waals surface area contributed by atoms with Gasteiger partial charge in [-0.2, -0.15) is 0 Å². The maximum absolute atomic E-state index is 6.05. The van der Waals surface area contributed by atoms with Gasteiger partial charge in [0.05, 0.1) is 0 Å². The first-order valence-electron chi connectivity index (χ1n) is 7.22. The quantitative estimate of drug-likeness (QED) is 0.706. The lowest BCUT2D eigenvalue weighted by atomic mass is 9.77. The van der Waals surface area contributed by atoms with Gasteiger partial charge in [-0.1, -0.05) is 31.0 Å². The fourth-order valence-electron chi connectivity index (χ4n) is 3.78. The predicted molar refractivity (Wildman–Crippen MR) is 78.3 cm³/mol. The zero-order valence-corrected chi connectivity index (χ0v) is 11.8. The van der Waals surface area contributed by atoms with E-state index >= 15 is 0 Å². The van der Waals surface area contributed by atoms with Crippen LogP contribution in [0.5, 0.6) is 0 Å². The molecule has 2 heteroatoms. The van der Waals surface area contributed by atoms with E-state index in [0.717, 1.165) is 0 Å². The molecule has 1 spiro atoms. The standard InChI is InChI=1S/C16H22ClN/c17-13-14-5-1-2-6-15(14)18-11-9-16(10-12-18)7-3-4-8-16/h1-2,5-6H,3-4,7-13H2. The number of rotatable bonds is 2. The Kier molecular flexibility index (Phi) is 3.52. The van der Waals surface area contributed by atoms with Crippen molar-refractivity contribution in [2.45, 2.75) is 44.4 Å². The minimum Gasteiger partial charge on any atom is -0.371 e. The van der Waals surface area contributed by atoms with Gasteiger partial charge in [0, 0.05) is 24.7 Å². The van der Waals surface area contributed by atoms with Gasteiger partial charge in [0.1, 0.15) is 0 Å². The summed E-state index contributed by atoms with van der Waals surface area (Å²) in [6, 6.07) is 8.60. The number of benzene rings is 1. The van der Waals surface area contributed by atoms with Crippen molar-refractivity contribution < 1.29 is 0 Å². The third-order valence-corrected chi connectivity index (χ3v) is 5.25.